The number of aryl methyl sites for hydroxylation is 1. The maximum absolute atomic E-state index is 12.7. The van der Waals surface area contributed by atoms with Crippen molar-refractivity contribution in [3.05, 3.63) is 59.7 Å². The fourth-order valence-electron chi connectivity index (χ4n) is 3.25. The highest BCUT2D eigenvalue weighted by molar-refractivity contribution is 5.97. The lowest BCUT2D eigenvalue weighted by molar-refractivity contribution is -0.108. The maximum Gasteiger partial charge on any atom is 0.254 e. The van der Waals surface area contributed by atoms with Gasteiger partial charge in [0.2, 0.25) is 0 Å². The smallest absolute Gasteiger partial charge is 0.254 e. The molecule has 1 aliphatic heterocycles. The van der Waals surface area contributed by atoms with Crippen molar-refractivity contribution in [1.82, 2.24) is 4.90 Å². The van der Waals surface area contributed by atoms with Gasteiger partial charge in [-0.25, -0.2) is 0 Å². The van der Waals surface area contributed by atoms with E-state index in [1.807, 2.05) is 43.3 Å². The van der Waals surface area contributed by atoms with Gasteiger partial charge in [0.1, 0.15) is 6.29 Å². The van der Waals surface area contributed by atoms with E-state index in [0.29, 0.717) is 31.5 Å². The highest BCUT2D eigenvalue weighted by Crippen LogP contribution is 2.27. The fraction of sp³-hybridized carbons (Fsp3) is 0.300. The van der Waals surface area contributed by atoms with Gasteiger partial charge < -0.3 is 15.4 Å². The summed E-state index contributed by atoms with van der Waals surface area (Å²) in [6.45, 7) is 2.99. The molecule has 4 nitrogen and oxygen atoms in total. The van der Waals surface area contributed by atoms with Gasteiger partial charge in [0.15, 0.2) is 0 Å². The molecule has 1 heterocycles. The average molecular weight is 322 g/mol. The number of nitrogens with two attached hydrogens (primary N) is 1. The van der Waals surface area contributed by atoms with E-state index >= 15 is 0 Å². The van der Waals surface area contributed by atoms with Crippen LogP contribution in [0.3, 0.4) is 0 Å². The van der Waals surface area contributed by atoms with Gasteiger partial charge in [0.25, 0.3) is 5.91 Å². The molecule has 0 aromatic heterocycles. The van der Waals surface area contributed by atoms with Gasteiger partial charge in [-0.05, 0) is 36.1 Å². The Morgan fingerprint density at radius 1 is 1.17 bits per heavy atom. The largest absolute Gasteiger partial charge is 0.335 e. The zero-order valence-corrected chi connectivity index (χ0v) is 13.9. The summed E-state index contributed by atoms with van der Waals surface area (Å²) in [6.07, 6.45) is 1.96. The Bertz CT molecular complexity index is 749. The molecular weight excluding hydrogens is 300 g/mol. The van der Waals surface area contributed by atoms with Crippen LogP contribution in [-0.2, 0) is 4.79 Å². The number of rotatable bonds is 5. The second kappa shape index (κ2) is 6.57. The Kier molecular flexibility index (Phi) is 4.49. The molecule has 1 amide bonds. The third-order valence-corrected chi connectivity index (χ3v) is 4.62. The molecule has 0 bridgehead atoms. The number of hydrogen-bond acceptors (Lipinski definition) is 3. The van der Waals surface area contributed by atoms with Crippen molar-refractivity contribution in [3.8, 4) is 11.1 Å². The van der Waals surface area contributed by atoms with Gasteiger partial charge in [-0.2, -0.15) is 0 Å². The van der Waals surface area contributed by atoms with Crippen molar-refractivity contribution in [3.63, 3.8) is 0 Å². The number of amides is 1. The van der Waals surface area contributed by atoms with Gasteiger partial charge in [-0.3, -0.25) is 4.79 Å². The Balaban J connectivity index is 1.72. The van der Waals surface area contributed by atoms with E-state index in [4.69, 9.17) is 5.73 Å². The molecule has 24 heavy (non-hydrogen) atoms. The Morgan fingerprint density at radius 2 is 1.88 bits per heavy atom. The van der Waals surface area contributed by atoms with Crippen LogP contribution < -0.4 is 5.73 Å². The summed E-state index contributed by atoms with van der Waals surface area (Å²) in [4.78, 5) is 24.9. The van der Waals surface area contributed by atoms with E-state index in [9.17, 15) is 9.59 Å². The first-order valence-corrected chi connectivity index (χ1v) is 8.20. The predicted octanol–water partition coefficient (Wildman–Crippen LogP) is 2.79. The first-order chi connectivity index (χ1) is 11.5. The van der Waals surface area contributed by atoms with Crippen molar-refractivity contribution >= 4 is 12.2 Å². The standard InChI is InChI=1S/C20H22N2O2/c1-15-12-17(16-6-3-2-4-7-16)8-9-18(15)19(24)22-13-20(21,14-22)10-5-11-23/h2-4,6-9,11-12H,5,10,13-14,21H2,1H3. The number of aldehydes is 1. The molecule has 1 fully saturated rings. The Labute approximate surface area is 142 Å². The number of hydrogen-bond donors (Lipinski definition) is 1. The molecular formula is C20H22N2O2. The van der Waals surface area contributed by atoms with E-state index in [-0.39, 0.29) is 5.91 Å². The zero-order chi connectivity index (χ0) is 17.2. The second-order valence-corrected chi connectivity index (χ2v) is 6.62. The van der Waals surface area contributed by atoms with E-state index in [1.54, 1.807) is 4.90 Å². The zero-order valence-electron chi connectivity index (χ0n) is 13.9. The fourth-order valence-corrected chi connectivity index (χ4v) is 3.25. The molecule has 0 unspecified atom stereocenters. The summed E-state index contributed by atoms with van der Waals surface area (Å²) in [7, 11) is 0. The van der Waals surface area contributed by atoms with Gasteiger partial charge >= 0.3 is 0 Å². The predicted molar refractivity (Wildman–Crippen MR) is 94.7 cm³/mol. The van der Waals surface area contributed by atoms with E-state index in [2.05, 4.69) is 12.1 Å². The van der Waals surface area contributed by atoms with Crippen LogP contribution in [0, 0.1) is 6.92 Å². The van der Waals surface area contributed by atoms with E-state index < -0.39 is 5.54 Å². The monoisotopic (exact) mass is 322 g/mol. The van der Waals surface area contributed by atoms with E-state index in [1.165, 1.54) is 0 Å². The van der Waals surface area contributed by atoms with Crippen LogP contribution in [0.25, 0.3) is 11.1 Å². The van der Waals surface area contributed by atoms with Gasteiger partial charge in [0.05, 0.1) is 5.54 Å². The lowest BCUT2D eigenvalue weighted by atomic mass is 9.85. The number of nitrogens with zero attached hydrogens (tertiary/aromatic N) is 1. The first-order valence-electron chi connectivity index (χ1n) is 8.20. The third-order valence-electron chi connectivity index (χ3n) is 4.62. The minimum absolute atomic E-state index is 0.0132. The number of benzene rings is 2. The highest BCUT2D eigenvalue weighted by Gasteiger charge is 2.41. The molecule has 0 atom stereocenters. The van der Waals surface area contributed by atoms with Crippen molar-refractivity contribution in [2.45, 2.75) is 25.3 Å². The normalized spacial score (nSPS) is 15.7. The molecule has 0 aliphatic carbocycles. The SMILES string of the molecule is Cc1cc(-c2ccccc2)ccc1C(=O)N1CC(N)(CCC=O)C1. The summed E-state index contributed by atoms with van der Waals surface area (Å²) < 4.78 is 0. The van der Waals surface area contributed by atoms with Crippen LogP contribution in [0.5, 0.6) is 0 Å². The molecule has 0 radical (unpaired) electrons. The first kappa shape index (κ1) is 16.4. The van der Waals surface area contributed by atoms with Crippen molar-refractivity contribution in [2.24, 2.45) is 5.73 Å². The van der Waals surface area contributed by atoms with Crippen LogP contribution in [0.4, 0.5) is 0 Å². The van der Waals surface area contributed by atoms with Crippen molar-refractivity contribution in [2.75, 3.05) is 13.1 Å². The van der Waals surface area contributed by atoms with Crippen LogP contribution in [0.2, 0.25) is 0 Å². The van der Waals surface area contributed by atoms with Crippen LogP contribution in [0.15, 0.2) is 48.5 Å². The van der Waals surface area contributed by atoms with E-state index in [0.717, 1.165) is 23.0 Å². The molecule has 2 aromatic rings. The summed E-state index contributed by atoms with van der Waals surface area (Å²) >= 11 is 0. The molecule has 1 saturated heterocycles. The molecule has 0 saturated carbocycles. The van der Waals surface area contributed by atoms with Gasteiger partial charge in [-0.1, -0.05) is 42.5 Å². The van der Waals surface area contributed by atoms with Crippen molar-refractivity contribution in [1.29, 1.82) is 0 Å². The Morgan fingerprint density at radius 3 is 2.50 bits per heavy atom. The summed E-state index contributed by atoms with van der Waals surface area (Å²) in [6, 6.07) is 16.0. The van der Waals surface area contributed by atoms with Crippen LogP contribution in [-0.4, -0.2) is 35.7 Å². The van der Waals surface area contributed by atoms with Crippen LogP contribution >= 0.6 is 0 Å². The Hall–Kier alpha value is -2.46. The molecule has 124 valence electrons. The van der Waals surface area contributed by atoms with Crippen LogP contribution in [0.1, 0.15) is 28.8 Å². The molecule has 2 N–H and O–H groups in total. The second-order valence-electron chi connectivity index (χ2n) is 6.62. The average Bonchev–Trinajstić information content (AvgIpc) is 2.57. The maximum atomic E-state index is 12.7. The lowest BCUT2D eigenvalue weighted by Gasteiger charge is -2.47. The summed E-state index contributed by atoms with van der Waals surface area (Å²) in [5.41, 5.74) is 9.69. The lowest BCUT2D eigenvalue weighted by Crippen LogP contribution is -2.68. The molecule has 2 aromatic carbocycles. The molecule has 4 heteroatoms. The van der Waals surface area contributed by atoms with Gasteiger partial charge in [-0.15, -0.1) is 0 Å². The summed E-state index contributed by atoms with van der Waals surface area (Å²) in [5.74, 6) is 0.0132. The minimum Gasteiger partial charge on any atom is -0.335 e. The highest BCUT2D eigenvalue weighted by atomic mass is 16.2. The van der Waals surface area contributed by atoms with Crippen molar-refractivity contribution < 1.29 is 9.59 Å². The summed E-state index contributed by atoms with van der Waals surface area (Å²) in [5, 5.41) is 0. The molecule has 0 spiro atoms. The topological polar surface area (TPSA) is 63.4 Å². The quantitative estimate of drug-likeness (QED) is 0.861. The number of carbonyl (C=O) groups is 2. The number of carbonyl (C=O) groups excluding carboxylic acids is 2. The molecule has 3 rings (SSSR count). The number of likely N-dealkylation sites (tertiary alicyclic amines) is 1. The molecule has 1 aliphatic rings. The minimum atomic E-state index is -0.408. The third kappa shape index (κ3) is 3.24. The van der Waals surface area contributed by atoms with Gasteiger partial charge in [0, 0.05) is 25.1 Å².